The number of rotatable bonds is 5. The monoisotopic (exact) mass is 794 g/mol. The topological polar surface area (TPSA) is 38.9 Å². The van der Waals surface area contributed by atoms with E-state index < -0.39 is 14.0 Å². The van der Waals surface area contributed by atoms with E-state index in [1.54, 1.807) is 6.20 Å². The molecule has 6 aromatic rings. The molecular weight excluding hydrogens is 752 g/mol. The SMILES string of the molecule is CC(C)(C)Cc1cc(-c2[c-]cccc2)ncc1[Si](C)(C)C.[2H]C(C)(C)c1ccnc(-c2[c-]cc(F)c3c2oc2ccccc23)c1.[Ir]. The van der Waals surface area contributed by atoms with Gasteiger partial charge in [0.25, 0.3) is 0 Å². The summed E-state index contributed by atoms with van der Waals surface area (Å²) in [5.41, 5.74) is 6.98. The van der Waals surface area contributed by atoms with Gasteiger partial charge in [-0.1, -0.05) is 101 Å². The molecule has 0 saturated carbocycles. The third kappa shape index (κ3) is 8.05. The van der Waals surface area contributed by atoms with E-state index in [1.165, 1.54) is 16.8 Å². The van der Waals surface area contributed by atoms with Gasteiger partial charge in [0.2, 0.25) is 0 Å². The van der Waals surface area contributed by atoms with Gasteiger partial charge in [-0.05, 0) is 51.8 Å². The molecule has 0 saturated heterocycles. The molecule has 0 aliphatic heterocycles. The Labute approximate surface area is 283 Å². The first-order valence-corrected chi connectivity index (χ1v) is 18.6. The molecule has 6 heteroatoms. The van der Waals surface area contributed by atoms with Crippen LogP contribution in [-0.4, -0.2) is 18.0 Å². The van der Waals surface area contributed by atoms with Crippen molar-refractivity contribution in [2.75, 3.05) is 0 Å². The van der Waals surface area contributed by atoms with Crippen LogP contribution in [0.4, 0.5) is 4.39 Å². The zero-order chi connectivity index (χ0) is 32.6. The predicted octanol–water partition coefficient (Wildman–Crippen LogP) is 10.4. The van der Waals surface area contributed by atoms with Gasteiger partial charge in [0.05, 0.1) is 13.7 Å². The summed E-state index contributed by atoms with van der Waals surface area (Å²) in [4.78, 5) is 9.09. The third-order valence-electron chi connectivity index (χ3n) is 7.50. The third-order valence-corrected chi connectivity index (χ3v) is 9.57. The molecule has 0 unspecified atom stereocenters. The normalized spacial score (nSPS) is 12.3. The number of benzene rings is 3. The van der Waals surface area contributed by atoms with Crippen molar-refractivity contribution in [3.05, 3.63) is 114 Å². The summed E-state index contributed by atoms with van der Waals surface area (Å²) in [5, 5.41) is 2.66. The predicted molar refractivity (Wildman–Crippen MR) is 184 cm³/mol. The molecule has 0 aliphatic rings. The Morgan fingerprint density at radius 1 is 0.956 bits per heavy atom. The van der Waals surface area contributed by atoms with E-state index in [1.807, 2.05) is 68.4 Å². The number of para-hydroxylation sites is 1. The Kier molecular flexibility index (Phi) is 10.2. The minimum Gasteiger partial charge on any atom is -0.500 e. The van der Waals surface area contributed by atoms with Crippen LogP contribution >= 0.6 is 0 Å². The molecular formula is C39H41FIrN2OSi-2. The fourth-order valence-electron chi connectivity index (χ4n) is 5.39. The second-order valence-corrected chi connectivity index (χ2v) is 18.8. The van der Waals surface area contributed by atoms with Gasteiger partial charge in [0.1, 0.15) is 5.58 Å². The fourth-order valence-corrected chi connectivity index (χ4v) is 6.97. The number of pyridine rings is 2. The summed E-state index contributed by atoms with van der Waals surface area (Å²) in [6.45, 7) is 17.7. The fraction of sp³-hybridized carbons (Fsp3) is 0.282. The molecule has 45 heavy (non-hydrogen) atoms. The van der Waals surface area contributed by atoms with Crippen LogP contribution in [0.5, 0.6) is 0 Å². The second-order valence-electron chi connectivity index (χ2n) is 13.7. The molecule has 0 bridgehead atoms. The van der Waals surface area contributed by atoms with E-state index in [0.717, 1.165) is 28.6 Å². The van der Waals surface area contributed by atoms with Crippen LogP contribution in [0.1, 0.15) is 53.0 Å². The Bertz CT molecular complexity index is 1950. The number of hydrogen-bond donors (Lipinski definition) is 0. The summed E-state index contributed by atoms with van der Waals surface area (Å²) < 4.78 is 28.5. The van der Waals surface area contributed by atoms with Gasteiger partial charge < -0.3 is 14.4 Å². The van der Waals surface area contributed by atoms with Crippen molar-refractivity contribution >= 4 is 35.2 Å². The molecule has 0 N–H and O–H groups in total. The van der Waals surface area contributed by atoms with E-state index in [2.05, 4.69) is 75.9 Å². The van der Waals surface area contributed by atoms with Crippen LogP contribution < -0.4 is 5.19 Å². The van der Waals surface area contributed by atoms with E-state index in [0.29, 0.717) is 27.8 Å². The van der Waals surface area contributed by atoms with Gasteiger partial charge in [-0.15, -0.1) is 48.0 Å². The van der Waals surface area contributed by atoms with Crippen molar-refractivity contribution in [2.24, 2.45) is 5.41 Å². The van der Waals surface area contributed by atoms with Crippen LogP contribution in [-0.2, 0) is 26.5 Å². The zero-order valence-electron chi connectivity index (χ0n) is 28.3. The van der Waals surface area contributed by atoms with Crippen molar-refractivity contribution in [2.45, 2.75) is 66.6 Å². The molecule has 235 valence electrons. The maximum atomic E-state index is 14.4. The zero-order valence-corrected chi connectivity index (χ0v) is 30.7. The second kappa shape index (κ2) is 13.9. The van der Waals surface area contributed by atoms with E-state index in [9.17, 15) is 4.39 Å². The molecule has 0 fully saturated rings. The van der Waals surface area contributed by atoms with Gasteiger partial charge in [-0.2, -0.15) is 0 Å². The maximum absolute atomic E-state index is 14.4. The molecule has 1 radical (unpaired) electrons. The minimum atomic E-state index is -1.37. The minimum absolute atomic E-state index is 0. The van der Waals surface area contributed by atoms with Crippen LogP contribution in [0.3, 0.4) is 0 Å². The molecule has 0 spiro atoms. The van der Waals surface area contributed by atoms with Crippen LogP contribution in [0, 0.1) is 23.4 Å². The van der Waals surface area contributed by atoms with Crippen LogP contribution in [0.2, 0.25) is 19.6 Å². The van der Waals surface area contributed by atoms with E-state index >= 15 is 0 Å². The Hall–Kier alpha value is -3.44. The van der Waals surface area contributed by atoms with E-state index in [4.69, 9.17) is 10.8 Å². The summed E-state index contributed by atoms with van der Waals surface area (Å²) in [6, 6.07) is 28.9. The molecule has 3 nitrogen and oxygen atoms in total. The van der Waals surface area contributed by atoms with Crippen molar-refractivity contribution in [3.8, 4) is 22.5 Å². The Morgan fingerprint density at radius 3 is 2.36 bits per heavy atom. The smallest absolute Gasteiger partial charge is 0.121 e. The molecule has 3 aromatic heterocycles. The molecule has 0 atom stereocenters. The number of nitrogens with zero attached hydrogens (tertiary/aromatic N) is 2. The first-order valence-electron chi connectivity index (χ1n) is 15.6. The van der Waals surface area contributed by atoms with Crippen molar-refractivity contribution < 1.29 is 30.3 Å². The van der Waals surface area contributed by atoms with Crippen LogP contribution in [0.25, 0.3) is 44.5 Å². The first kappa shape index (κ1) is 32.9. The quantitative estimate of drug-likeness (QED) is 0.129. The summed E-state index contributed by atoms with van der Waals surface area (Å²) in [5.74, 6) is -1.11. The number of furan rings is 1. The summed E-state index contributed by atoms with van der Waals surface area (Å²) >= 11 is 0. The number of halogens is 1. The van der Waals surface area contributed by atoms with Crippen molar-refractivity contribution in [1.29, 1.82) is 0 Å². The van der Waals surface area contributed by atoms with Gasteiger partial charge >= 0.3 is 0 Å². The average molecular weight is 794 g/mol. The number of fused-ring (bicyclic) bond motifs is 3. The number of hydrogen-bond acceptors (Lipinski definition) is 3. The molecule has 0 amide bonds. The molecule has 6 rings (SSSR count). The van der Waals surface area contributed by atoms with Crippen molar-refractivity contribution in [3.63, 3.8) is 0 Å². The maximum Gasteiger partial charge on any atom is 0.121 e. The standard InChI is InChI=1S/C20H15FNO.C19H26NSi.Ir/c1-12(2)13-9-10-22-17(11-13)14-7-8-16(21)19-15-5-3-4-6-18(15)23-20(14)19;1-19(2,3)13-16-12-17(15-10-8-7-9-11-15)20-14-18(16)21(4,5)6;/h3-6,8-12H,1-2H3;7-10,12,14H,13H2,1-6H3;/q2*-1;/i12D;;. The van der Waals surface area contributed by atoms with Crippen molar-refractivity contribution in [1.82, 2.24) is 9.97 Å². The molecule has 3 aromatic carbocycles. The van der Waals surface area contributed by atoms with E-state index in [-0.39, 0.29) is 31.3 Å². The van der Waals surface area contributed by atoms with Gasteiger partial charge in [-0.3, -0.25) is 4.39 Å². The number of aromatic nitrogens is 2. The Balaban J connectivity index is 0.000000207. The largest absolute Gasteiger partial charge is 0.500 e. The first-order chi connectivity index (χ1) is 21.1. The van der Waals surface area contributed by atoms with Gasteiger partial charge in [0, 0.05) is 45.1 Å². The molecule has 3 heterocycles. The Morgan fingerprint density at radius 2 is 1.69 bits per heavy atom. The summed E-state index contributed by atoms with van der Waals surface area (Å²) in [6.07, 6.45) is 4.87. The average Bonchev–Trinajstić information content (AvgIpc) is 3.37. The van der Waals surface area contributed by atoms with Crippen LogP contribution in [0.15, 0.2) is 89.6 Å². The van der Waals surface area contributed by atoms with Gasteiger partial charge in [-0.25, -0.2) is 0 Å². The molecule has 0 aliphatic carbocycles. The van der Waals surface area contributed by atoms with Gasteiger partial charge in [0.15, 0.2) is 0 Å². The summed E-state index contributed by atoms with van der Waals surface area (Å²) in [7, 11) is -1.37.